The van der Waals surface area contributed by atoms with E-state index in [0.29, 0.717) is 0 Å². The van der Waals surface area contributed by atoms with Gasteiger partial charge in [-0.15, -0.1) is 10.7 Å². The zero-order valence-electron chi connectivity index (χ0n) is 5.23. The molecule has 0 saturated carbocycles. The van der Waals surface area contributed by atoms with Crippen LogP contribution < -0.4 is 29.6 Å². The maximum Gasteiger partial charge on any atom is 2.00 e. The average Bonchev–Trinajstić information content (AvgIpc) is 1.39. The van der Waals surface area contributed by atoms with Crippen molar-refractivity contribution < 1.29 is 31.0 Å². The van der Waals surface area contributed by atoms with E-state index in [2.05, 4.69) is 0 Å². The Labute approximate surface area is 98.3 Å². The number of rotatable bonds is 0. The molecule has 0 N–H and O–H groups in total. The molecule has 0 aliphatic rings. The summed E-state index contributed by atoms with van der Waals surface area (Å²) >= 11 is 0. The van der Waals surface area contributed by atoms with Gasteiger partial charge in [-0.05, 0) is 0 Å². The van der Waals surface area contributed by atoms with E-state index in [-0.39, 0.29) is 68.7 Å². The monoisotopic (exact) mass is 156 g/mol. The van der Waals surface area contributed by atoms with Crippen LogP contribution in [0.2, 0.25) is 0 Å². The molecular formula is HCaN2NaO4. The summed E-state index contributed by atoms with van der Waals surface area (Å²) in [6.07, 6.45) is 0. The Morgan fingerprint density at radius 1 is 1.12 bits per heavy atom. The smallest absolute Gasteiger partial charge is 1.00 e. The molecule has 0 bridgehead atoms. The van der Waals surface area contributed by atoms with Gasteiger partial charge >= 0.3 is 67.3 Å². The van der Waals surface area contributed by atoms with Gasteiger partial charge in [-0.25, -0.2) is 0 Å². The summed E-state index contributed by atoms with van der Waals surface area (Å²) in [5.74, 6) is 0. The average molecular weight is 156 g/mol. The molecular weight excluding hydrogens is 155 g/mol. The zero-order valence-corrected chi connectivity index (χ0v) is 8.44. The van der Waals surface area contributed by atoms with E-state index in [1.807, 2.05) is 0 Å². The van der Waals surface area contributed by atoms with E-state index in [1.54, 1.807) is 0 Å². The van der Waals surface area contributed by atoms with Crippen molar-refractivity contribution in [2.45, 2.75) is 0 Å². The fourth-order valence-corrected chi connectivity index (χ4v) is 0. The van der Waals surface area contributed by atoms with E-state index < -0.39 is 0 Å². The third kappa shape index (κ3) is 231. The van der Waals surface area contributed by atoms with Crippen molar-refractivity contribution in [3.05, 3.63) is 20.2 Å². The number of hydrogen-bond acceptors (Lipinski definition) is 6. The molecule has 0 amide bonds. The Morgan fingerprint density at radius 2 is 1.12 bits per heavy atom. The van der Waals surface area contributed by atoms with E-state index in [1.165, 1.54) is 0 Å². The molecule has 8 heteroatoms. The topological polar surface area (TPSA) is 105 Å². The molecule has 0 unspecified atom stereocenters. The van der Waals surface area contributed by atoms with Gasteiger partial charge in [0.25, 0.3) is 0 Å². The second kappa shape index (κ2) is 42.9. The van der Waals surface area contributed by atoms with Crippen LogP contribution in [0.5, 0.6) is 0 Å². The SMILES string of the molecule is O=N[O-].O=N[O-].[Ca+2].[H-].[Na+]. The van der Waals surface area contributed by atoms with Crippen molar-refractivity contribution >= 4 is 37.7 Å². The van der Waals surface area contributed by atoms with Crippen LogP contribution in [-0.4, -0.2) is 37.7 Å². The molecule has 0 atom stereocenters. The number of hydrogen-bond donors (Lipinski definition) is 0. The summed E-state index contributed by atoms with van der Waals surface area (Å²) in [6, 6.07) is 0. The van der Waals surface area contributed by atoms with Crippen LogP contribution in [0.15, 0.2) is 10.7 Å². The Balaban J connectivity index is -0.00000000889. The van der Waals surface area contributed by atoms with Gasteiger partial charge in [-0.3, -0.25) is 0 Å². The first kappa shape index (κ1) is 23.0. The molecule has 0 saturated heterocycles. The van der Waals surface area contributed by atoms with Crippen molar-refractivity contribution in [1.29, 1.82) is 0 Å². The minimum atomic E-state index is 0. The first-order valence-electron chi connectivity index (χ1n) is 0.730. The second-order valence-corrected chi connectivity index (χ2v) is 0.149. The van der Waals surface area contributed by atoms with E-state index in [0.717, 1.165) is 10.7 Å². The first-order valence-corrected chi connectivity index (χ1v) is 0.730. The molecule has 0 radical (unpaired) electrons. The zero-order chi connectivity index (χ0) is 5.41. The van der Waals surface area contributed by atoms with Gasteiger partial charge in [0.2, 0.25) is 0 Å². The molecule has 0 heterocycles. The summed E-state index contributed by atoms with van der Waals surface area (Å²) < 4.78 is 0. The van der Waals surface area contributed by atoms with Gasteiger partial charge < -0.3 is 21.7 Å². The molecule has 0 fully saturated rings. The van der Waals surface area contributed by atoms with Crippen molar-refractivity contribution in [2.75, 3.05) is 0 Å². The quantitative estimate of drug-likeness (QED) is 0.215. The van der Waals surface area contributed by atoms with Crippen LogP contribution in [0.4, 0.5) is 0 Å². The fraction of sp³-hybridized carbons (Fsp3) is 0. The summed E-state index contributed by atoms with van der Waals surface area (Å²) in [7, 11) is 0. The maximum absolute atomic E-state index is 8.00. The summed E-state index contributed by atoms with van der Waals surface area (Å²) in [6.45, 7) is 0. The number of nitrogens with zero attached hydrogens (tertiary/aromatic N) is 2. The molecule has 0 aliphatic heterocycles. The third-order valence-corrected chi connectivity index (χ3v) is 0. The molecule has 0 aliphatic carbocycles. The Kier molecular flexibility index (Phi) is 123. The van der Waals surface area contributed by atoms with Gasteiger partial charge in [0.05, 0.1) is 0 Å². The molecule has 0 aromatic rings. The Hall–Kier alpha value is 1.06. The van der Waals surface area contributed by atoms with Gasteiger partial charge in [0, 0.05) is 0 Å². The van der Waals surface area contributed by atoms with Crippen LogP contribution >= 0.6 is 0 Å². The van der Waals surface area contributed by atoms with Crippen LogP contribution in [0.3, 0.4) is 0 Å². The normalized spacial score (nSPS) is 3.00. The van der Waals surface area contributed by atoms with Gasteiger partial charge in [0.15, 0.2) is 0 Å². The second-order valence-electron chi connectivity index (χ2n) is 0.149. The summed E-state index contributed by atoms with van der Waals surface area (Å²) in [4.78, 5) is 16.0. The molecule has 0 rings (SSSR count). The Bertz CT molecular complexity index is 39.5. The fourth-order valence-electron chi connectivity index (χ4n) is 0. The van der Waals surface area contributed by atoms with Crippen LogP contribution in [0.1, 0.15) is 1.43 Å². The maximum atomic E-state index is 8.00. The van der Waals surface area contributed by atoms with Crippen LogP contribution in [0.25, 0.3) is 0 Å². The molecule has 6 nitrogen and oxygen atoms in total. The molecule has 0 spiro atoms. The van der Waals surface area contributed by atoms with Crippen molar-refractivity contribution in [3.8, 4) is 0 Å². The molecule has 38 valence electrons. The van der Waals surface area contributed by atoms with E-state index in [4.69, 9.17) is 20.2 Å². The minimum Gasteiger partial charge on any atom is -1.00 e. The van der Waals surface area contributed by atoms with Crippen molar-refractivity contribution in [1.82, 2.24) is 0 Å². The summed E-state index contributed by atoms with van der Waals surface area (Å²) in [5, 5.41) is 18.0. The van der Waals surface area contributed by atoms with Crippen LogP contribution in [-0.2, 0) is 0 Å². The molecule has 0 aromatic carbocycles. The Morgan fingerprint density at radius 3 is 1.12 bits per heavy atom. The van der Waals surface area contributed by atoms with Gasteiger partial charge in [-0.1, -0.05) is 0 Å². The predicted octanol–water partition coefficient (Wildman–Crippen LogP) is -2.76. The van der Waals surface area contributed by atoms with Crippen molar-refractivity contribution in [2.24, 2.45) is 10.7 Å². The third-order valence-electron chi connectivity index (χ3n) is 0. The molecule has 0 aromatic heterocycles. The van der Waals surface area contributed by atoms with E-state index >= 15 is 0 Å². The summed E-state index contributed by atoms with van der Waals surface area (Å²) in [5.41, 5.74) is 0. The predicted molar refractivity (Wildman–Crippen MR) is 25.2 cm³/mol. The van der Waals surface area contributed by atoms with Gasteiger partial charge in [-0.2, -0.15) is 0 Å². The van der Waals surface area contributed by atoms with Crippen molar-refractivity contribution in [3.63, 3.8) is 0 Å². The van der Waals surface area contributed by atoms with E-state index in [9.17, 15) is 0 Å². The first-order chi connectivity index (χ1) is 2.83. The minimum absolute atomic E-state index is 0. The van der Waals surface area contributed by atoms with Gasteiger partial charge in [0.1, 0.15) is 0 Å². The molecule has 8 heavy (non-hydrogen) atoms. The van der Waals surface area contributed by atoms with Crippen LogP contribution in [0, 0.1) is 20.2 Å². The standard InChI is InChI=1S/Ca.2HNO2.Na.H/c;2*2-1-3;;/h;2*(H,2,3);;/q+2;;;+1;-1/p-2. The largest absolute Gasteiger partial charge is 2.00 e.